The first-order valence-electron chi connectivity index (χ1n) is 27.5. The molecule has 0 N–H and O–H groups in total. The highest BCUT2D eigenvalue weighted by atomic mass is 35.5. The summed E-state index contributed by atoms with van der Waals surface area (Å²) in [7, 11) is 0. The number of rotatable bonds is 3. The number of benzene rings is 12. The molecule has 17 aromatic rings. The smallest absolute Gasteiger partial charge is 0.146 e. The second kappa shape index (κ2) is 18.9. The van der Waals surface area contributed by atoms with Gasteiger partial charge < -0.3 is 4.57 Å². The Morgan fingerprint density at radius 1 is 0.284 bits per heavy atom. The lowest BCUT2D eigenvalue weighted by molar-refractivity contribution is 1.18. The molecule has 6 heteroatoms. The van der Waals surface area contributed by atoms with E-state index >= 15 is 0 Å². The molecule has 0 saturated carbocycles. The van der Waals surface area contributed by atoms with Crippen LogP contribution >= 0.6 is 11.6 Å². The van der Waals surface area contributed by atoms with Crippen LogP contribution in [0.1, 0.15) is 11.1 Å². The number of hydrogen-bond donors (Lipinski definition) is 0. The maximum absolute atomic E-state index is 6.36. The summed E-state index contributed by atoms with van der Waals surface area (Å²) in [5.74, 6) is 0. The van der Waals surface area contributed by atoms with Gasteiger partial charge in [-0.1, -0.05) is 212 Å². The van der Waals surface area contributed by atoms with Gasteiger partial charge in [-0.3, -0.25) is 8.80 Å². The number of hydrogen-bond acceptors (Lipinski definition) is 2. The Bertz CT molecular complexity index is 5250. The van der Waals surface area contributed by atoms with Crippen molar-refractivity contribution < 1.29 is 0 Å². The summed E-state index contributed by atoms with van der Waals surface area (Å²) in [6, 6.07) is 98.8. The lowest BCUT2D eigenvalue weighted by Crippen LogP contribution is -1.97. The minimum atomic E-state index is 0.729. The van der Waals surface area contributed by atoms with Crippen molar-refractivity contribution in [2.75, 3.05) is 0 Å². The molecule has 0 bridgehead atoms. The van der Waals surface area contributed by atoms with Gasteiger partial charge in [-0.25, -0.2) is 9.97 Å². The molecule has 0 unspecified atom stereocenters. The summed E-state index contributed by atoms with van der Waals surface area (Å²) in [5, 5.41) is 10.4. The van der Waals surface area contributed by atoms with Gasteiger partial charge in [0.05, 0.1) is 44.1 Å². The van der Waals surface area contributed by atoms with Crippen LogP contribution in [0.4, 0.5) is 0 Å². The standard InChI is InChI=1S/C37H23N3.C25H15ClN2.C13H10/c1-2-10-24(11-3-1)25-18-20-30-31(22-25)29-21-19-26(23-36(29)40-35-17-9-6-14-32(35)38-37(30)40)39-33-15-7-4-12-27(33)28-13-5-8-16-34(28)39;26-18-11-13-20-19-12-10-17(16-6-2-1-3-7-16)14-21(19)25-27-22-8-4-5-9-23(22)28(25)24(20)15-18;1-3-7-12-10(5-1)9-11-6-2-4-8-13(11)12/h1-23H;1-15H;1-8H,9H2. The van der Waals surface area contributed by atoms with Crippen LogP contribution in [0.5, 0.6) is 0 Å². The Morgan fingerprint density at radius 3 is 1.32 bits per heavy atom. The lowest BCUT2D eigenvalue weighted by Gasteiger charge is -2.14. The number of para-hydroxylation sites is 6. The predicted octanol–water partition coefficient (Wildman–Crippen LogP) is 19.9. The van der Waals surface area contributed by atoms with Gasteiger partial charge in [0.1, 0.15) is 11.3 Å². The molecule has 1 aliphatic rings. The first-order chi connectivity index (χ1) is 40.1. The first kappa shape index (κ1) is 46.7. The molecule has 5 nitrogen and oxygen atoms in total. The van der Waals surface area contributed by atoms with Gasteiger partial charge in [-0.05, 0) is 141 Å². The molecule has 81 heavy (non-hydrogen) atoms. The minimum Gasteiger partial charge on any atom is -0.309 e. The van der Waals surface area contributed by atoms with E-state index < -0.39 is 0 Å². The van der Waals surface area contributed by atoms with Crippen LogP contribution in [-0.4, -0.2) is 23.3 Å². The van der Waals surface area contributed by atoms with Crippen LogP contribution in [0.3, 0.4) is 0 Å². The van der Waals surface area contributed by atoms with E-state index in [1.807, 2.05) is 24.3 Å². The average molecular weight is 1050 g/mol. The molecule has 0 saturated heterocycles. The molecule has 0 fully saturated rings. The van der Waals surface area contributed by atoms with E-state index in [1.54, 1.807) is 0 Å². The van der Waals surface area contributed by atoms with E-state index in [9.17, 15) is 0 Å². The topological polar surface area (TPSA) is 39.5 Å². The zero-order valence-corrected chi connectivity index (χ0v) is 44.6. The van der Waals surface area contributed by atoms with Gasteiger partial charge in [-0.15, -0.1) is 0 Å². The van der Waals surface area contributed by atoms with Gasteiger partial charge in [0.15, 0.2) is 0 Å². The normalized spacial score (nSPS) is 12.0. The zero-order valence-electron chi connectivity index (χ0n) is 43.9. The van der Waals surface area contributed by atoms with Crippen molar-refractivity contribution in [3.05, 3.63) is 295 Å². The fourth-order valence-electron chi connectivity index (χ4n) is 12.7. The monoisotopic (exact) mass is 1050 g/mol. The van der Waals surface area contributed by atoms with Gasteiger partial charge in [0.25, 0.3) is 0 Å². The Kier molecular flexibility index (Phi) is 10.9. The summed E-state index contributed by atoms with van der Waals surface area (Å²) in [4.78, 5) is 10.1. The van der Waals surface area contributed by atoms with Crippen LogP contribution in [-0.2, 0) is 6.42 Å². The molecule has 12 aromatic carbocycles. The Labute approximate surface area is 471 Å². The minimum absolute atomic E-state index is 0.729. The van der Waals surface area contributed by atoms with Crippen molar-refractivity contribution in [2.45, 2.75) is 6.42 Å². The molecule has 1 aliphatic carbocycles. The van der Waals surface area contributed by atoms with Crippen LogP contribution in [0.2, 0.25) is 5.02 Å². The number of fused-ring (bicyclic) bond motifs is 22. The Morgan fingerprint density at radius 2 is 0.716 bits per heavy atom. The fourth-order valence-corrected chi connectivity index (χ4v) is 12.9. The quantitative estimate of drug-likeness (QED) is 0.165. The molecule has 5 aromatic heterocycles. The third kappa shape index (κ3) is 7.69. The van der Waals surface area contributed by atoms with Crippen molar-refractivity contribution in [1.82, 2.24) is 23.3 Å². The highest BCUT2D eigenvalue weighted by Gasteiger charge is 2.20. The molecular weight excluding hydrogens is 1010 g/mol. The number of pyridine rings is 2. The van der Waals surface area contributed by atoms with Crippen molar-refractivity contribution in [1.29, 1.82) is 0 Å². The van der Waals surface area contributed by atoms with Crippen molar-refractivity contribution in [3.63, 3.8) is 0 Å². The maximum Gasteiger partial charge on any atom is 0.146 e. The molecule has 0 spiro atoms. The number of nitrogens with zero attached hydrogens (tertiary/aromatic N) is 5. The molecule has 0 atom stereocenters. The summed E-state index contributed by atoms with van der Waals surface area (Å²) in [6.45, 7) is 0. The first-order valence-corrected chi connectivity index (χ1v) is 27.9. The van der Waals surface area contributed by atoms with E-state index in [1.165, 1.54) is 87.9 Å². The van der Waals surface area contributed by atoms with Gasteiger partial charge >= 0.3 is 0 Å². The largest absolute Gasteiger partial charge is 0.309 e. The highest BCUT2D eigenvalue weighted by molar-refractivity contribution is 6.31. The molecule has 0 amide bonds. The SMILES string of the molecule is Clc1ccc2c3ccc(-c4ccccc4)cc3c3nc4ccccc4n3c2c1.c1ccc(-c2ccc3c(c2)c2ccc(-n4c5ccccc5c5ccccc54)cc2n2c4ccccc4nc32)cc1.c1ccc2c(c1)Cc1ccccc1-2. The van der Waals surface area contributed by atoms with Crippen molar-refractivity contribution >= 4 is 110 Å². The second-order valence-electron chi connectivity index (χ2n) is 21.0. The Hall–Kier alpha value is -10.3. The molecule has 0 aliphatic heterocycles. The van der Waals surface area contributed by atoms with E-state index in [0.717, 1.165) is 72.3 Å². The van der Waals surface area contributed by atoms with Crippen molar-refractivity contribution in [2.24, 2.45) is 0 Å². The van der Waals surface area contributed by atoms with Crippen molar-refractivity contribution in [3.8, 4) is 39.1 Å². The van der Waals surface area contributed by atoms with Crippen LogP contribution in [0.15, 0.2) is 279 Å². The van der Waals surface area contributed by atoms with Gasteiger partial charge in [-0.2, -0.15) is 0 Å². The van der Waals surface area contributed by atoms with E-state index in [2.05, 4.69) is 268 Å². The van der Waals surface area contributed by atoms with Gasteiger partial charge in [0.2, 0.25) is 0 Å². The average Bonchev–Trinajstić information content (AvgIpc) is 4.50. The summed E-state index contributed by atoms with van der Waals surface area (Å²) >= 11 is 6.36. The number of halogens is 1. The number of imidazole rings is 2. The van der Waals surface area contributed by atoms with Crippen LogP contribution in [0.25, 0.3) is 138 Å². The molecule has 5 heterocycles. The summed E-state index contributed by atoms with van der Waals surface area (Å²) < 4.78 is 6.96. The molecule has 18 rings (SSSR count). The van der Waals surface area contributed by atoms with Crippen LogP contribution < -0.4 is 0 Å². The third-order valence-electron chi connectivity index (χ3n) is 16.4. The zero-order chi connectivity index (χ0) is 53.5. The predicted molar refractivity (Wildman–Crippen MR) is 340 cm³/mol. The maximum atomic E-state index is 6.36. The lowest BCUT2D eigenvalue weighted by atomic mass is 9.99. The van der Waals surface area contributed by atoms with E-state index in [0.29, 0.717) is 0 Å². The fraction of sp³-hybridized carbons (Fsp3) is 0.0133. The Balaban J connectivity index is 0.000000114. The van der Waals surface area contributed by atoms with E-state index in [4.69, 9.17) is 21.6 Å². The molecule has 380 valence electrons. The second-order valence-corrected chi connectivity index (χ2v) is 21.4. The molecular formula is C75H48ClN5. The molecule has 0 radical (unpaired) electrons. The third-order valence-corrected chi connectivity index (χ3v) is 16.6. The summed E-state index contributed by atoms with van der Waals surface area (Å²) in [6.07, 6.45) is 1.10. The highest BCUT2D eigenvalue weighted by Crippen LogP contribution is 2.40. The van der Waals surface area contributed by atoms with Crippen LogP contribution in [0, 0.1) is 0 Å². The van der Waals surface area contributed by atoms with Gasteiger partial charge in [0, 0.05) is 43.0 Å². The number of aromatic nitrogens is 5. The summed E-state index contributed by atoms with van der Waals surface area (Å²) in [5.41, 5.74) is 22.5. The van der Waals surface area contributed by atoms with E-state index in [-0.39, 0.29) is 0 Å².